The summed E-state index contributed by atoms with van der Waals surface area (Å²) in [6.07, 6.45) is 0. The van der Waals surface area contributed by atoms with Crippen molar-refractivity contribution in [3.05, 3.63) is 54.0 Å². The smallest absolute Gasteiger partial charge is 0.236 e. The van der Waals surface area contributed by atoms with E-state index < -0.39 is 5.82 Å². The number of benzene rings is 2. The number of nitrogens with zero attached hydrogens (tertiary/aromatic N) is 4. The molecule has 0 aliphatic heterocycles. The third-order valence-electron chi connectivity index (χ3n) is 4.88. The Morgan fingerprint density at radius 3 is 2.40 bits per heavy atom. The number of para-hydroxylation sites is 1. The van der Waals surface area contributed by atoms with Crippen LogP contribution in [-0.4, -0.2) is 52.9 Å². The number of rotatable bonds is 9. The number of carbonyl (C=O) groups is 1. The van der Waals surface area contributed by atoms with E-state index in [4.69, 9.17) is 18.7 Å². The first kappa shape index (κ1) is 24.1. The highest BCUT2D eigenvalue weighted by Crippen LogP contribution is 2.41. The molecule has 2 heterocycles. The van der Waals surface area contributed by atoms with Gasteiger partial charge in [-0.1, -0.05) is 29.1 Å². The molecule has 1 N–H and O–H groups in total. The van der Waals surface area contributed by atoms with E-state index in [0.717, 1.165) is 11.8 Å². The zero-order valence-corrected chi connectivity index (χ0v) is 20.2. The molecule has 0 fully saturated rings. The number of thioether (sulfide) groups is 1. The van der Waals surface area contributed by atoms with Crippen molar-refractivity contribution in [2.75, 3.05) is 32.4 Å². The molecule has 4 aromatic rings. The number of aromatic nitrogens is 4. The van der Waals surface area contributed by atoms with Crippen molar-refractivity contribution in [3.8, 4) is 34.3 Å². The number of nitrogens with one attached hydrogen (secondary N) is 1. The van der Waals surface area contributed by atoms with Crippen LogP contribution in [0.5, 0.6) is 17.2 Å². The Kier molecular flexibility index (Phi) is 7.20. The highest BCUT2D eigenvalue weighted by molar-refractivity contribution is 7.99. The van der Waals surface area contributed by atoms with Crippen molar-refractivity contribution in [1.82, 2.24) is 19.9 Å². The molecule has 0 saturated carbocycles. The molecule has 0 unspecified atom stereocenters. The van der Waals surface area contributed by atoms with Crippen LogP contribution in [0.15, 0.2) is 52.1 Å². The summed E-state index contributed by atoms with van der Waals surface area (Å²) in [6.45, 7) is 1.72. The number of hydrogen-bond donors (Lipinski definition) is 1. The van der Waals surface area contributed by atoms with Gasteiger partial charge in [0.15, 0.2) is 28.3 Å². The maximum atomic E-state index is 14.9. The van der Waals surface area contributed by atoms with Crippen molar-refractivity contribution < 1.29 is 27.9 Å². The Balaban J connectivity index is 1.73. The number of halogens is 1. The van der Waals surface area contributed by atoms with E-state index in [1.54, 1.807) is 43.3 Å². The van der Waals surface area contributed by atoms with Crippen LogP contribution in [0.3, 0.4) is 0 Å². The molecule has 0 bridgehead atoms. The first-order valence-corrected chi connectivity index (χ1v) is 11.3. The summed E-state index contributed by atoms with van der Waals surface area (Å²) < 4.78 is 37.6. The zero-order valence-electron chi connectivity index (χ0n) is 19.4. The van der Waals surface area contributed by atoms with Gasteiger partial charge in [-0.2, -0.15) is 0 Å². The lowest BCUT2D eigenvalue weighted by Gasteiger charge is -2.15. The lowest BCUT2D eigenvalue weighted by molar-refractivity contribution is -0.113. The van der Waals surface area contributed by atoms with Crippen LogP contribution in [0, 0.1) is 12.7 Å². The van der Waals surface area contributed by atoms with Crippen molar-refractivity contribution in [2.45, 2.75) is 12.1 Å². The molecule has 0 aliphatic rings. The maximum absolute atomic E-state index is 14.9. The largest absolute Gasteiger partial charge is 0.493 e. The Labute approximate surface area is 204 Å². The lowest BCUT2D eigenvalue weighted by atomic mass is 10.1. The molecule has 182 valence electrons. The number of aryl methyl sites for hydroxylation is 1. The number of amides is 1. The standard InChI is InChI=1S/C23H22FN5O5S/c1-13-9-19(28-34-13)25-20(30)12-35-23-27-26-22(29(23)16-8-6-5-7-15(16)24)14-10-17(31-2)21(33-4)18(11-14)32-3/h5-11H,12H2,1-4H3,(H,25,28,30). The normalized spacial score (nSPS) is 10.8. The van der Waals surface area contributed by atoms with Gasteiger partial charge >= 0.3 is 0 Å². The number of anilines is 1. The van der Waals surface area contributed by atoms with Gasteiger partial charge in [0, 0.05) is 11.6 Å². The molecular formula is C23H22FN5O5S. The molecule has 1 amide bonds. The first-order chi connectivity index (χ1) is 16.9. The second kappa shape index (κ2) is 10.5. The van der Waals surface area contributed by atoms with Crippen molar-refractivity contribution in [1.29, 1.82) is 0 Å². The van der Waals surface area contributed by atoms with Gasteiger partial charge in [-0.15, -0.1) is 10.2 Å². The highest BCUT2D eigenvalue weighted by atomic mass is 32.2. The van der Waals surface area contributed by atoms with Gasteiger partial charge < -0.3 is 24.1 Å². The van der Waals surface area contributed by atoms with Crippen LogP contribution >= 0.6 is 11.8 Å². The molecular weight excluding hydrogens is 477 g/mol. The van der Waals surface area contributed by atoms with Crippen LogP contribution in [-0.2, 0) is 4.79 Å². The predicted molar refractivity (Wildman–Crippen MR) is 127 cm³/mol. The molecule has 2 aromatic carbocycles. The first-order valence-electron chi connectivity index (χ1n) is 10.3. The van der Waals surface area contributed by atoms with Crippen LogP contribution in [0.25, 0.3) is 17.1 Å². The van der Waals surface area contributed by atoms with Gasteiger partial charge in [-0.25, -0.2) is 4.39 Å². The molecule has 0 saturated heterocycles. The van der Waals surface area contributed by atoms with E-state index in [2.05, 4.69) is 20.7 Å². The minimum Gasteiger partial charge on any atom is -0.493 e. The van der Waals surface area contributed by atoms with E-state index in [1.165, 1.54) is 32.0 Å². The summed E-state index contributed by atoms with van der Waals surface area (Å²) in [6, 6.07) is 11.2. The summed E-state index contributed by atoms with van der Waals surface area (Å²) >= 11 is 1.09. The maximum Gasteiger partial charge on any atom is 0.236 e. The second-order valence-corrected chi connectivity index (χ2v) is 8.11. The Morgan fingerprint density at radius 2 is 1.80 bits per heavy atom. The minimum absolute atomic E-state index is 0.0201. The van der Waals surface area contributed by atoms with Crippen molar-refractivity contribution >= 4 is 23.5 Å². The fourth-order valence-corrected chi connectivity index (χ4v) is 4.09. The summed E-state index contributed by atoms with van der Waals surface area (Å²) in [5.41, 5.74) is 0.765. The van der Waals surface area contributed by atoms with Crippen LogP contribution in [0.2, 0.25) is 0 Å². The third kappa shape index (κ3) is 5.06. The zero-order chi connectivity index (χ0) is 24.9. The van der Waals surface area contributed by atoms with Gasteiger partial charge in [0.05, 0.1) is 32.8 Å². The average molecular weight is 500 g/mol. The van der Waals surface area contributed by atoms with E-state index >= 15 is 0 Å². The van der Waals surface area contributed by atoms with Crippen LogP contribution < -0.4 is 19.5 Å². The van der Waals surface area contributed by atoms with Crippen molar-refractivity contribution in [3.63, 3.8) is 0 Å². The fraction of sp³-hybridized carbons (Fsp3) is 0.217. The molecule has 2 aromatic heterocycles. The molecule has 0 spiro atoms. The van der Waals surface area contributed by atoms with Gasteiger partial charge in [0.25, 0.3) is 0 Å². The molecule has 10 nitrogen and oxygen atoms in total. The SMILES string of the molecule is COc1cc(-c2nnc(SCC(=O)Nc3cc(C)on3)n2-c2ccccc2F)cc(OC)c1OC. The molecule has 0 radical (unpaired) electrons. The van der Waals surface area contributed by atoms with E-state index in [1.807, 2.05) is 0 Å². The number of hydrogen-bond acceptors (Lipinski definition) is 9. The van der Waals surface area contributed by atoms with Crippen LogP contribution in [0.4, 0.5) is 10.2 Å². The average Bonchev–Trinajstić information content (AvgIpc) is 3.47. The van der Waals surface area contributed by atoms with Gasteiger partial charge in [0.1, 0.15) is 11.6 Å². The van der Waals surface area contributed by atoms with Crippen LogP contribution in [0.1, 0.15) is 5.76 Å². The second-order valence-electron chi connectivity index (χ2n) is 7.17. The van der Waals surface area contributed by atoms with Gasteiger partial charge in [-0.3, -0.25) is 9.36 Å². The summed E-state index contributed by atoms with van der Waals surface area (Å²) in [4.78, 5) is 12.4. The Bertz CT molecular complexity index is 1330. The summed E-state index contributed by atoms with van der Waals surface area (Å²) in [7, 11) is 4.50. The third-order valence-corrected chi connectivity index (χ3v) is 5.81. The topological polar surface area (TPSA) is 114 Å². The lowest BCUT2D eigenvalue weighted by Crippen LogP contribution is -2.15. The molecule has 0 aliphatic carbocycles. The van der Waals surface area contributed by atoms with Gasteiger partial charge in [0.2, 0.25) is 11.7 Å². The van der Waals surface area contributed by atoms with Gasteiger partial charge in [-0.05, 0) is 31.2 Å². The predicted octanol–water partition coefficient (Wildman–Crippen LogP) is 4.13. The van der Waals surface area contributed by atoms with E-state index in [9.17, 15) is 9.18 Å². The van der Waals surface area contributed by atoms with E-state index in [0.29, 0.717) is 45.4 Å². The fourth-order valence-electron chi connectivity index (χ4n) is 3.35. The summed E-state index contributed by atoms with van der Waals surface area (Å²) in [5, 5.41) is 15.2. The molecule has 35 heavy (non-hydrogen) atoms. The summed E-state index contributed by atoms with van der Waals surface area (Å²) in [5.74, 6) is 1.58. The number of ether oxygens (including phenoxy) is 3. The Hall–Kier alpha value is -4.06. The highest BCUT2D eigenvalue weighted by Gasteiger charge is 2.23. The minimum atomic E-state index is -0.481. The monoisotopic (exact) mass is 499 g/mol. The number of carbonyl (C=O) groups excluding carboxylic acids is 1. The van der Waals surface area contributed by atoms with Crippen molar-refractivity contribution in [2.24, 2.45) is 0 Å². The molecule has 12 heteroatoms. The van der Waals surface area contributed by atoms with E-state index in [-0.39, 0.29) is 17.3 Å². The molecule has 0 atom stereocenters. The quantitative estimate of drug-likeness (QED) is 0.340. The Morgan fingerprint density at radius 1 is 1.09 bits per heavy atom. The molecule has 4 rings (SSSR count). The number of methoxy groups -OCH3 is 3.